The van der Waals surface area contributed by atoms with E-state index in [1.807, 2.05) is 0 Å². The average Bonchev–Trinajstić information content (AvgIpc) is 3.43. The SMILES string of the molecule is COc1ccc(CN(c2nn(C)c3c(-n4c([C@H](Cc5cc(F)cc(F)c5)NC(=O)O)nc5cccc(OC)c5c4=O)ccc(Cl)c23)S(C)(=O)=O)cc1. The minimum atomic E-state index is -3.99. The Morgan fingerprint density at radius 1 is 1.00 bits per heavy atom. The number of ether oxygens (including phenoxy) is 2. The van der Waals surface area contributed by atoms with Gasteiger partial charge in [-0.25, -0.2) is 31.3 Å². The predicted molar refractivity (Wildman–Crippen MR) is 191 cm³/mol. The summed E-state index contributed by atoms with van der Waals surface area (Å²) >= 11 is 6.79. The molecule has 0 bridgehead atoms. The number of amides is 1. The predicted octanol–water partition coefficient (Wildman–Crippen LogP) is 5.74. The Hall–Kier alpha value is -5.74. The van der Waals surface area contributed by atoms with E-state index in [1.165, 1.54) is 44.1 Å². The van der Waals surface area contributed by atoms with Crippen molar-refractivity contribution in [3.8, 4) is 17.2 Å². The van der Waals surface area contributed by atoms with Crippen LogP contribution in [0, 0.1) is 11.6 Å². The van der Waals surface area contributed by atoms with Crippen LogP contribution in [-0.2, 0) is 30.0 Å². The van der Waals surface area contributed by atoms with Gasteiger partial charge >= 0.3 is 6.09 Å². The summed E-state index contributed by atoms with van der Waals surface area (Å²) in [5.74, 6) is -1.22. The number of carboxylic acid groups (broad SMARTS) is 1. The third kappa shape index (κ3) is 6.94. The number of aryl methyl sites for hydroxylation is 1. The molecule has 1 atom stereocenters. The Morgan fingerprint density at radius 3 is 2.31 bits per heavy atom. The molecule has 2 N–H and O–H groups in total. The van der Waals surface area contributed by atoms with Crippen molar-refractivity contribution in [1.29, 1.82) is 0 Å². The number of aromatic nitrogens is 4. The van der Waals surface area contributed by atoms with Gasteiger partial charge in [0.15, 0.2) is 5.82 Å². The van der Waals surface area contributed by atoms with Crippen molar-refractivity contribution in [2.75, 3.05) is 24.8 Å². The van der Waals surface area contributed by atoms with Crippen LogP contribution >= 0.6 is 11.6 Å². The van der Waals surface area contributed by atoms with E-state index in [0.29, 0.717) is 17.4 Å². The molecule has 0 fully saturated rings. The largest absolute Gasteiger partial charge is 0.497 e. The molecule has 0 aliphatic rings. The molecule has 0 unspecified atom stereocenters. The van der Waals surface area contributed by atoms with Gasteiger partial charge in [0.25, 0.3) is 5.56 Å². The van der Waals surface area contributed by atoms with E-state index in [-0.39, 0.29) is 68.4 Å². The van der Waals surface area contributed by atoms with Gasteiger partial charge in [0.1, 0.15) is 34.3 Å². The van der Waals surface area contributed by atoms with Gasteiger partial charge < -0.3 is 19.9 Å². The smallest absolute Gasteiger partial charge is 0.405 e. The maximum absolute atomic E-state index is 14.7. The number of sulfonamides is 1. The first-order chi connectivity index (χ1) is 24.7. The number of hydrogen-bond acceptors (Lipinski definition) is 8. The highest BCUT2D eigenvalue weighted by atomic mass is 35.5. The maximum atomic E-state index is 14.7. The molecule has 52 heavy (non-hydrogen) atoms. The van der Waals surface area contributed by atoms with Gasteiger partial charge in [0.2, 0.25) is 10.0 Å². The van der Waals surface area contributed by atoms with Crippen molar-refractivity contribution in [2.24, 2.45) is 7.05 Å². The molecule has 1 amide bonds. The van der Waals surface area contributed by atoms with Crippen LogP contribution < -0.4 is 24.7 Å². The second-order valence-electron chi connectivity index (χ2n) is 11.8. The number of benzene rings is 4. The van der Waals surface area contributed by atoms with E-state index < -0.39 is 39.4 Å². The molecule has 2 heterocycles. The second-order valence-corrected chi connectivity index (χ2v) is 14.1. The normalized spacial score (nSPS) is 12.2. The summed E-state index contributed by atoms with van der Waals surface area (Å²) in [5.41, 5.74) is 0.436. The first kappa shape index (κ1) is 36.1. The van der Waals surface area contributed by atoms with E-state index in [0.717, 1.165) is 27.3 Å². The number of carbonyl (C=O) groups is 1. The van der Waals surface area contributed by atoms with Crippen molar-refractivity contribution in [1.82, 2.24) is 24.6 Å². The third-order valence-corrected chi connectivity index (χ3v) is 9.75. The number of nitrogens with one attached hydrogen (secondary N) is 1. The number of methoxy groups -OCH3 is 2. The summed E-state index contributed by atoms with van der Waals surface area (Å²) in [4.78, 5) is 31.6. The summed E-state index contributed by atoms with van der Waals surface area (Å²) in [5, 5.41) is 17.1. The van der Waals surface area contributed by atoms with E-state index in [4.69, 9.17) is 26.1 Å². The first-order valence-electron chi connectivity index (χ1n) is 15.5. The number of anilines is 1. The van der Waals surface area contributed by atoms with Crippen molar-refractivity contribution in [3.63, 3.8) is 0 Å². The minimum Gasteiger partial charge on any atom is -0.497 e. The maximum Gasteiger partial charge on any atom is 0.405 e. The van der Waals surface area contributed by atoms with Crippen LogP contribution in [0.1, 0.15) is 23.0 Å². The number of halogens is 3. The molecule has 6 rings (SSSR count). The quantitative estimate of drug-likeness (QED) is 0.168. The van der Waals surface area contributed by atoms with Crippen LogP contribution in [0.2, 0.25) is 5.02 Å². The van der Waals surface area contributed by atoms with Crippen LogP contribution in [0.3, 0.4) is 0 Å². The summed E-state index contributed by atoms with van der Waals surface area (Å²) < 4.78 is 69.5. The molecule has 17 heteroatoms. The third-order valence-electron chi connectivity index (χ3n) is 8.34. The van der Waals surface area contributed by atoms with Crippen molar-refractivity contribution in [2.45, 2.75) is 19.0 Å². The van der Waals surface area contributed by atoms with Crippen LogP contribution in [0.15, 0.2) is 77.6 Å². The molecule has 13 nitrogen and oxygen atoms in total. The fourth-order valence-electron chi connectivity index (χ4n) is 6.11. The van der Waals surface area contributed by atoms with Gasteiger partial charge in [-0.15, -0.1) is 0 Å². The Labute approximate surface area is 300 Å². The highest BCUT2D eigenvalue weighted by Crippen LogP contribution is 2.38. The minimum absolute atomic E-state index is 0.0426. The van der Waals surface area contributed by atoms with Crippen LogP contribution in [0.25, 0.3) is 27.5 Å². The molecule has 0 aliphatic heterocycles. The monoisotopic (exact) mass is 752 g/mol. The zero-order valence-corrected chi connectivity index (χ0v) is 29.7. The summed E-state index contributed by atoms with van der Waals surface area (Å²) in [7, 11) is 0.418. The Bertz CT molecular complexity index is 2510. The molecule has 2 aromatic heterocycles. The molecule has 0 spiro atoms. The van der Waals surface area contributed by atoms with Gasteiger partial charge in [-0.05, 0) is 59.7 Å². The van der Waals surface area contributed by atoms with Crippen LogP contribution in [0.4, 0.5) is 19.4 Å². The highest BCUT2D eigenvalue weighted by molar-refractivity contribution is 7.92. The van der Waals surface area contributed by atoms with Gasteiger partial charge in [-0.3, -0.25) is 14.0 Å². The van der Waals surface area contributed by atoms with E-state index >= 15 is 0 Å². The van der Waals surface area contributed by atoms with E-state index in [2.05, 4.69) is 10.4 Å². The molecular weight excluding hydrogens is 722 g/mol. The summed E-state index contributed by atoms with van der Waals surface area (Å²) in [6.45, 7) is -0.135. The lowest BCUT2D eigenvalue weighted by atomic mass is 10.0. The summed E-state index contributed by atoms with van der Waals surface area (Å²) in [6.07, 6.45) is -0.797. The molecule has 0 radical (unpaired) electrons. The van der Waals surface area contributed by atoms with Crippen molar-refractivity contribution < 1.29 is 36.6 Å². The van der Waals surface area contributed by atoms with Crippen molar-refractivity contribution in [3.05, 3.63) is 117 Å². The molecule has 4 aromatic carbocycles. The number of rotatable bonds is 11. The number of hydrogen-bond donors (Lipinski definition) is 2. The molecular formula is C35H31ClF2N6O7S. The fourth-order valence-corrected chi connectivity index (χ4v) is 7.18. The van der Waals surface area contributed by atoms with Gasteiger partial charge in [0.05, 0.1) is 60.2 Å². The highest BCUT2D eigenvalue weighted by Gasteiger charge is 2.30. The van der Waals surface area contributed by atoms with E-state index in [9.17, 15) is 31.9 Å². The van der Waals surface area contributed by atoms with E-state index in [1.54, 1.807) is 36.4 Å². The lowest BCUT2D eigenvalue weighted by Crippen LogP contribution is -2.35. The lowest BCUT2D eigenvalue weighted by molar-refractivity contribution is 0.189. The van der Waals surface area contributed by atoms with Crippen LogP contribution in [-0.4, -0.2) is 59.4 Å². The molecule has 270 valence electrons. The Kier molecular flexibility index (Phi) is 9.79. The molecule has 0 saturated heterocycles. The van der Waals surface area contributed by atoms with Crippen LogP contribution in [0.5, 0.6) is 11.5 Å². The van der Waals surface area contributed by atoms with Gasteiger partial charge in [-0.2, -0.15) is 5.10 Å². The van der Waals surface area contributed by atoms with Crippen molar-refractivity contribution >= 4 is 55.3 Å². The molecule has 0 aliphatic carbocycles. The fraction of sp³-hybridized carbons (Fsp3) is 0.200. The average molecular weight is 753 g/mol. The zero-order chi connectivity index (χ0) is 37.5. The molecule has 0 saturated carbocycles. The summed E-state index contributed by atoms with van der Waals surface area (Å²) in [6, 6.07) is 15.8. The number of fused-ring (bicyclic) bond motifs is 2. The second kappa shape index (κ2) is 14.1. The number of nitrogens with zero attached hydrogens (tertiary/aromatic N) is 5. The molecule has 6 aromatic rings. The lowest BCUT2D eigenvalue weighted by Gasteiger charge is -2.23. The first-order valence-corrected chi connectivity index (χ1v) is 17.7. The van der Waals surface area contributed by atoms with Gasteiger partial charge in [0, 0.05) is 19.5 Å². The zero-order valence-electron chi connectivity index (χ0n) is 28.1. The topological polar surface area (TPSA) is 158 Å². The Morgan fingerprint density at radius 2 is 1.69 bits per heavy atom. The standard InChI is InChI=1S/C35H31ClF2N6O7S/c1-42-31-27(13-12-24(36)29(31)33(41-42)43(52(4,48)49)18-19-8-10-23(50-2)11-9-19)44-32(39-25-6-5-7-28(51-3)30(25)34(44)45)26(40-35(46)47)16-20-14-21(37)17-22(38)15-20/h5-15,17,26,40H,16,18H2,1-4H3,(H,46,47)/t26-/m0/s1. The van der Waals surface area contributed by atoms with Gasteiger partial charge in [-0.1, -0.05) is 29.8 Å². The Balaban J connectivity index is 1.65.